The van der Waals surface area contributed by atoms with E-state index in [0.717, 1.165) is 43.6 Å². The number of hydrogen-bond acceptors (Lipinski definition) is 2. The SMILES string of the molecule is CCCNC(C1=COCCC1)c1cccc(C)c1F. The second-order valence-electron chi connectivity index (χ2n) is 5.03. The van der Waals surface area contributed by atoms with Gasteiger partial charge in [-0.1, -0.05) is 25.1 Å². The molecule has 1 aliphatic rings. The van der Waals surface area contributed by atoms with E-state index in [4.69, 9.17) is 4.74 Å². The van der Waals surface area contributed by atoms with Crippen LogP contribution in [0.25, 0.3) is 0 Å². The molecule has 19 heavy (non-hydrogen) atoms. The molecule has 3 heteroatoms. The lowest BCUT2D eigenvalue weighted by Gasteiger charge is -2.25. The lowest BCUT2D eigenvalue weighted by molar-refractivity contribution is 0.219. The second-order valence-corrected chi connectivity index (χ2v) is 5.03. The van der Waals surface area contributed by atoms with Crippen LogP contribution >= 0.6 is 0 Å². The van der Waals surface area contributed by atoms with E-state index in [1.165, 1.54) is 0 Å². The van der Waals surface area contributed by atoms with Crippen molar-refractivity contribution in [1.82, 2.24) is 5.32 Å². The molecule has 0 radical (unpaired) electrons. The third kappa shape index (κ3) is 3.35. The standard InChI is InChI=1S/C16H22FNO/c1-3-9-18-16(13-7-5-10-19-11-13)14-8-4-6-12(2)15(14)17/h4,6,8,11,16,18H,3,5,7,9-10H2,1-2H3. The van der Waals surface area contributed by atoms with E-state index in [-0.39, 0.29) is 11.9 Å². The molecule has 0 bridgehead atoms. The average Bonchev–Trinajstić information content (AvgIpc) is 2.45. The summed E-state index contributed by atoms with van der Waals surface area (Å²) < 4.78 is 19.7. The predicted molar refractivity (Wildman–Crippen MR) is 75.4 cm³/mol. The molecule has 2 nitrogen and oxygen atoms in total. The fourth-order valence-electron chi connectivity index (χ4n) is 2.42. The van der Waals surface area contributed by atoms with Gasteiger partial charge in [-0.2, -0.15) is 0 Å². The monoisotopic (exact) mass is 263 g/mol. The van der Waals surface area contributed by atoms with E-state index in [9.17, 15) is 4.39 Å². The van der Waals surface area contributed by atoms with E-state index in [0.29, 0.717) is 5.56 Å². The molecule has 1 aromatic rings. The highest BCUT2D eigenvalue weighted by atomic mass is 19.1. The molecule has 1 unspecified atom stereocenters. The zero-order chi connectivity index (χ0) is 13.7. The maximum atomic E-state index is 14.3. The lowest BCUT2D eigenvalue weighted by atomic mass is 9.93. The third-order valence-corrected chi connectivity index (χ3v) is 3.46. The van der Waals surface area contributed by atoms with Gasteiger partial charge in [-0.3, -0.25) is 0 Å². The number of nitrogens with one attached hydrogen (secondary N) is 1. The normalized spacial score (nSPS) is 16.7. The number of hydrogen-bond donors (Lipinski definition) is 1. The van der Waals surface area contributed by atoms with E-state index in [1.54, 1.807) is 6.26 Å². The lowest BCUT2D eigenvalue weighted by Crippen LogP contribution is -2.26. The summed E-state index contributed by atoms with van der Waals surface area (Å²) in [5.41, 5.74) is 2.56. The van der Waals surface area contributed by atoms with Crippen molar-refractivity contribution in [2.45, 2.75) is 39.2 Å². The smallest absolute Gasteiger partial charge is 0.131 e. The summed E-state index contributed by atoms with van der Waals surface area (Å²) in [7, 11) is 0. The van der Waals surface area contributed by atoms with Crippen LogP contribution in [0.15, 0.2) is 30.0 Å². The number of halogens is 1. The van der Waals surface area contributed by atoms with Crippen molar-refractivity contribution in [2.24, 2.45) is 0 Å². The van der Waals surface area contributed by atoms with Crippen molar-refractivity contribution < 1.29 is 9.13 Å². The molecular formula is C16H22FNO. The highest BCUT2D eigenvalue weighted by Crippen LogP contribution is 2.30. The van der Waals surface area contributed by atoms with Gasteiger partial charge in [0.05, 0.1) is 18.9 Å². The summed E-state index contributed by atoms with van der Waals surface area (Å²) in [6.07, 6.45) is 4.80. The zero-order valence-electron chi connectivity index (χ0n) is 11.7. The van der Waals surface area contributed by atoms with Crippen LogP contribution in [0.3, 0.4) is 0 Å². The van der Waals surface area contributed by atoms with Gasteiger partial charge in [0.15, 0.2) is 0 Å². The Bertz CT molecular complexity index is 456. The molecular weight excluding hydrogens is 241 g/mol. The fraction of sp³-hybridized carbons (Fsp3) is 0.500. The van der Waals surface area contributed by atoms with Gasteiger partial charge in [-0.05, 0) is 43.9 Å². The Morgan fingerprint density at radius 2 is 2.26 bits per heavy atom. The molecule has 1 atom stereocenters. The van der Waals surface area contributed by atoms with Gasteiger partial charge in [0.2, 0.25) is 0 Å². The Labute approximate surface area is 114 Å². The Balaban J connectivity index is 2.30. The Kier molecular flexibility index (Phi) is 4.97. The van der Waals surface area contributed by atoms with Gasteiger partial charge in [0.25, 0.3) is 0 Å². The van der Waals surface area contributed by atoms with Crippen LogP contribution in [0.4, 0.5) is 4.39 Å². The molecule has 1 N–H and O–H groups in total. The van der Waals surface area contributed by atoms with E-state index < -0.39 is 0 Å². The van der Waals surface area contributed by atoms with Crippen LogP contribution in [-0.2, 0) is 4.74 Å². The van der Waals surface area contributed by atoms with Crippen LogP contribution < -0.4 is 5.32 Å². The summed E-state index contributed by atoms with van der Waals surface area (Å²) in [6.45, 7) is 5.56. The first-order valence-electron chi connectivity index (χ1n) is 7.03. The largest absolute Gasteiger partial charge is 0.501 e. The minimum Gasteiger partial charge on any atom is -0.501 e. The Hall–Kier alpha value is -1.35. The van der Waals surface area contributed by atoms with Gasteiger partial charge in [0, 0.05) is 5.56 Å². The quantitative estimate of drug-likeness (QED) is 0.870. The molecule has 104 valence electrons. The van der Waals surface area contributed by atoms with Crippen LogP contribution in [0, 0.1) is 12.7 Å². The Morgan fingerprint density at radius 3 is 2.95 bits per heavy atom. The van der Waals surface area contributed by atoms with Gasteiger partial charge < -0.3 is 10.1 Å². The second kappa shape index (κ2) is 6.71. The van der Waals surface area contributed by atoms with Gasteiger partial charge >= 0.3 is 0 Å². The fourth-order valence-corrected chi connectivity index (χ4v) is 2.42. The topological polar surface area (TPSA) is 21.3 Å². The summed E-state index contributed by atoms with van der Waals surface area (Å²) >= 11 is 0. The summed E-state index contributed by atoms with van der Waals surface area (Å²) in [4.78, 5) is 0. The number of ether oxygens (including phenoxy) is 1. The van der Waals surface area contributed by atoms with Gasteiger partial charge in [-0.25, -0.2) is 4.39 Å². The van der Waals surface area contributed by atoms with Crippen molar-refractivity contribution in [2.75, 3.05) is 13.2 Å². The minimum atomic E-state index is -0.109. The first kappa shape index (κ1) is 14.1. The van der Waals surface area contributed by atoms with Crippen LogP contribution in [0.1, 0.15) is 43.4 Å². The molecule has 0 saturated carbocycles. The van der Waals surface area contributed by atoms with Crippen molar-refractivity contribution >= 4 is 0 Å². The van der Waals surface area contributed by atoms with Crippen LogP contribution in [0.5, 0.6) is 0 Å². The first-order chi connectivity index (χ1) is 9.24. The summed E-state index contributed by atoms with van der Waals surface area (Å²) in [6, 6.07) is 5.52. The molecule has 0 saturated heterocycles. The van der Waals surface area contributed by atoms with Gasteiger partial charge in [-0.15, -0.1) is 0 Å². The highest BCUT2D eigenvalue weighted by Gasteiger charge is 2.22. The molecule has 0 fully saturated rings. The third-order valence-electron chi connectivity index (χ3n) is 3.46. The van der Waals surface area contributed by atoms with Crippen LogP contribution in [0.2, 0.25) is 0 Å². The maximum Gasteiger partial charge on any atom is 0.131 e. The van der Waals surface area contributed by atoms with Gasteiger partial charge in [0.1, 0.15) is 5.82 Å². The molecule has 1 heterocycles. The van der Waals surface area contributed by atoms with E-state index >= 15 is 0 Å². The van der Waals surface area contributed by atoms with Crippen LogP contribution in [-0.4, -0.2) is 13.2 Å². The molecule has 0 aromatic heterocycles. The molecule has 1 aromatic carbocycles. The van der Waals surface area contributed by atoms with E-state index in [2.05, 4.69) is 12.2 Å². The minimum absolute atomic E-state index is 0.0693. The summed E-state index contributed by atoms with van der Waals surface area (Å²) in [5, 5.41) is 3.44. The first-order valence-corrected chi connectivity index (χ1v) is 7.03. The summed E-state index contributed by atoms with van der Waals surface area (Å²) in [5.74, 6) is -0.109. The average molecular weight is 263 g/mol. The van der Waals surface area contributed by atoms with Crippen molar-refractivity contribution in [3.8, 4) is 0 Å². The van der Waals surface area contributed by atoms with Crippen molar-refractivity contribution in [3.05, 3.63) is 47.0 Å². The molecule has 0 aliphatic carbocycles. The molecule has 0 amide bonds. The highest BCUT2D eigenvalue weighted by molar-refractivity contribution is 5.33. The Morgan fingerprint density at radius 1 is 1.42 bits per heavy atom. The molecule has 1 aliphatic heterocycles. The maximum absolute atomic E-state index is 14.3. The molecule has 0 spiro atoms. The zero-order valence-corrected chi connectivity index (χ0v) is 11.7. The number of benzene rings is 1. The number of rotatable bonds is 5. The number of aryl methyl sites for hydroxylation is 1. The van der Waals surface area contributed by atoms with Crippen molar-refractivity contribution in [1.29, 1.82) is 0 Å². The van der Waals surface area contributed by atoms with Crippen molar-refractivity contribution in [3.63, 3.8) is 0 Å². The predicted octanol–water partition coefficient (Wildman–Crippen LogP) is 3.87. The van der Waals surface area contributed by atoms with E-state index in [1.807, 2.05) is 25.1 Å². The molecule has 2 rings (SSSR count).